The molecule has 0 radical (unpaired) electrons. The zero-order valence-corrected chi connectivity index (χ0v) is 12.6. The maximum atomic E-state index is 4.55. The molecule has 22 heavy (non-hydrogen) atoms. The Kier molecular flexibility index (Phi) is 3.21. The van der Waals surface area contributed by atoms with Gasteiger partial charge in [0, 0.05) is 37.0 Å². The van der Waals surface area contributed by atoms with Gasteiger partial charge in [0.15, 0.2) is 5.65 Å². The number of pyridine rings is 1. The lowest BCUT2D eigenvalue weighted by molar-refractivity contribution is 0.493. The second-order valence-electron chi connectivity index (χ2n) is 5.74. The van der Waals surface area contributed by atoms with Crippen LogP contribution in [0.5, 0.6) is 0 Å². The summed E-state index contributed by atoms with van der Waals surface area (Å²) in [6.45, 7) is 3.93. The summed E-state index contributed by atoms with van der Waals surface area (Å²) < 4.78 is 1.91. The Morgan fingerprint density at radius 3 is 2.73 bits per heavy atom. The first-order chi connectivity index (χ1) is 10.8. The van der Waals surface area contributed by atoms with E-state index in [1.165, 1.54) is 5.69 Å². The maximum absolute atomic E-state index is 4.55. The van der Waals surface area contributed by atoms with Crippen molar-refractivity contribution in [2.75, 3.05) is 18.0 Å². The number of aromatic nitrogens is 5. The Bertz CT molecular complexity index is 774. The van der Waals surface area contributed by atoms with E-state index >= 15 is 0 Å². The zero-order chi connectivity index (χ0) is 14.9. The molecular formula is C16H18N6. The lowest BCUT2D eigenvalue weighted by atomic mass is 9.93. The molecule has 4 heterocycles. The topological polar surface area (TPSA) is 59.2 Å². The lowest BCUT2D eigenvalue weighted by Gasteiger charge is -2.32. The van der Waals surface area contributed by atoms with Crippen molar-refractivity contribution >= 4 is 11.5 Å². The van der Waals surface area contributed by atoms with Gasteiger partial charge >= 0.3 is 0 Å². The van der Waals surface area contributed by atoms with Crippen LogP contribution in [-0.4, -0.2) is 37.7 Å². The smallest absolute Gasteiger partial charge is 0.165 e. The number of piperidine rings is 1. The van der Waals surface area contributed by atoms with Crippen LogP contribution in [-0.2, 0) is 0 Å². The highest BCUT2D eigenvalue weighted by molar-refractivity contribution is 5.51. The van der Waals surface area contributed by atoms with E-state index in [0.717, 1.165) is 43.2 Å². The van der Waals surface area contributed by atoms with Gasteiger partial charge in [-0.15, -0.1) is 10.2 Å². The van der Waals surface area contributed by atoms with E-state index in [4.69, 9.17) is 0 Å². The summed E-state index contributed by atoms with van der Waals surface area (Å²) in [5, 5.41) is 8.25. The first-order valence-electron chi connectivity index (χ1n) is 7.64. The fourth-order valence-corrected chi connectivity index (χ4v) is 3.09. The van der Waals surface area contributed by atoms with Gasteiger partial charge in [-0.1, -0.05) is 6.07 Å². The minimum atomic E-state index is 0.552. The predicted octanol–water partition coefficient (Wildman–Crippen LogP) is 2.21. The van der Waals surface area contributed by atoms with E-state index in [1.54, 1.807) is 0 Å². The van der Waals surface area contributed by atoms with Gasteiger partial charge in [-0.05, 0) is 31.9 Å². The maximum Gasteiger partial charge on any atom is 0.165 e. The molecule has 3 aromatic heterocycles. The van der Waals surface area contributed by atoms with Crippen molar-refractivity contribution in [3.63, 3.8) is 0 Å². The average Bonchev–Trinajstić information content (AvgIpc) is 2.96. The van der Waals surface area contributed by atoms with Crippen LogP contribution in [0.1, 0.15) is 30.3 Å². The molecule has 1 saturated heterocycles. The molecule has 0 unspecified atom stereocenters. The van der Waals surface area contributed by atoms with Gasteiger partial charge in [-0.25, -0.2) is 4.98 Å². The number of nitrogens with zero attached hydrogens (tertiary/aromatic N) is 6. The van der Waals surface area contributed by atoms with E-state index < -0.39 is 0 Å². The first kappa shape index (κ1) is 13.2. The van der Waals surface area contributed by atoms with Gasteiger partial charge in [-0.2, -0.15) is 0 Å². The number of hydrogen-bond acceptors (Lipinski definition) is 5. The zero-order valence-electron chi connectivity index (χ0n) is 12.6. The fraction of sp³-hybridized carbons (Fsp3) is 0.375. The summed E-state index contributed by atoms with van der Waals surface area (Å²) >= 11 is 0. The highest BCUT2D eigenvalue weighted by Gasteiger charge is 2.22. The van der Waals surface area contributed by atoms with Crippen LogP contribution in [0.25, 0.3) is 5.65 Å². The molecular weight excluding hydrogens is 276 g/mol. The minimum Gasteiger partial charge on any atom is -0.356 e. The monoisotopic (exact) mass is 294 g/mol. The third kappa shape index (κ3) is 2.30. The Morgan fingerprint density at radius 2 is 1.95 bits per heavy atom. The molecule has 4 rings (SSSR count). The summed E-state index contributed by atoms with van der Waals surface area (Å²) in [7, 11) is 0. The molecule has 1 aliphatic rings. The predicted molar refractivity (Wildman–Crippen MR) is 83.9 cm³/mol. The van der Waals surface area contributed by atoms with E-state index in [9.17, 15) is 0 Å². The first-order valence-corrected chi connectivity index (χ1v) is 7.64. The molecule has 0 bridgehead atoms. The van der Waals surface area contributed by atoms with Crippen molar-refractivity contribution in [1.82, 2.24) is 24.6 Å². The van der Waals surface area contributed by atoms with Gasteiger partial charge in [0.2, 0.25) is 0 Å². The summed E-state index contributed by atoms with van der Waals surface area (Å²) in [6, 6.07) is 8.18. The normalized spacial score (nSPS) is 16.3. The number of aryl methyl sites for hydroxylation is 1. The van der Waals surface area contributed by atoms with Crippen LogP contribution in [0, 0.1) is 6.92 Å². The van der Waals surface area contributed by atoms with Crippen LogP contribution < -0.4 is 4.90 Å². The van der Waals surface area contributed by atoms with Gasteiger partial charge in [-0.3, -0.25) is 9.38 Å². The van der Waals surface area contributed by atoms with Crippen molar-refractivity contribution in [1.29, 1.82) is 0 Å². The second kappa shape index (κ2) is 5.36. The number of anilines is 1. The fourth-order valence-electron chi connectivity index (χ4n) is 3.09. The summed E-state index contributed by atoms with van der Waals surface area (Å²) in [6.07, 6.45) is 5.90. The highest BCUT2D eigenvalue weighted by Crippen LogP contribution is 2.28. The number of rotatable bonds is 2. The summed E-state index contributed by atoms with van der Waals surface area (Å²) in [5.74, 6) is 2.40. The number of fused-ring (bicyclic) bond motifs is 1. The average molecular weight is 294 g/mol. The van der Waals surface area contributed by atoms with Crippen molar-refractivity contribution in [3.8, 4) is 0 Å². The molecule has 6 nitrogen and oxygen atoms in total. The van der Waals surface area contributed by atoms with Gasteiger partial charge in [0.25, 0.3) is 0 Å². The van der Waals surface area contributed by atoms with E-state index in [1.807, 2.05) is 36.0 Å². The molecule has 0 spiro atoms. The van der Waals surface area contributed by atoms with Gasteiger partial charge in [0.1, 0.15) is 18.0 Å². The largest absolute Gasteiger partial charge is 0.356 e. The van der Waals surface area contributed by atoms with E-state index in [2.05, 4.69) is 37.2 Å². The lowest BCUT2D eigenvalue weighted by Crippen LogP contribution is -2.33. The van der Waals surface area contributed by atoms with Crippen LogP contribution in [0.2, 0.25) is 0 Å². The molecule has 1 aliphatic heterocycles. The summed E-state index contributed by atoms with van der Waals surface area (Å²) in [4.78, 5) is 11.4. The molecule has 3 aromatic rings. The van der Waals surface area contributed by atoms with Crippen molar-refractivity contribution in [3.05, 3.63) is 48.3 Å². The molecule has 6 heteroatoms. The highest BCUT2D eigenvalue weighted by atomic mass is 15.3. The van der Waals surface area contributed by atoms with Crippen LogP contribution in [0.15, 0.2) is 36.8 Å². The Hall–Kier alpha value is -2.50. The standard InChI is InChI=1S/C16H18N6/c1-12-19-20-16-10-15(18-11-22(12)16)21-8-5-13(6-9-21)14-4-2-3-7-17-14/h2-4,7,10-11,13H,5-6,8-9H2,1H3. The number of hydrogen-bond donors (Lipinski definition) is 0. The SMILES string of the molecule is Cc1nnc2cc(N3CCC(c4ccccn4)CC3)ncn12. The Balaban J connectivity index is 1.50. The van der Waals surface area contributed by atoms with Gasteiger partial charge < -0.3 is 4.90 Å². The molecule has 112 valence electrons. The molecule has 1 fully saturated rings. The molecule has 0 saturated carbocycles. The second-order valence-corrected chi connectivity index (χ2v) is 5.74. The molecule has 0 atom stereocenters. The quantitative estimate of drug-likeness (QED) is 0.725. The van der Waals surface area contributed by atoms with Crippen molar-refractivity contribution < 1.29 is 0 Å². The Morgan fingerprint density at radius 1 is 1.09 bits per heavy atom. The van der Waals surface area contributed by atoms with Crippen molar-refractivity contribution in [2.24, 2.45) is 0 Å². The van der Waals surface area contributed by atoms with E-state index in [-0.39, 0.29) is 0 Å². The Labute approximate surface area is 128 Å². The minimum absolute atomic E-state index is 0.552. The molecule has 0 N–H and O–H groups in total. The summed E-state index contributed by atoms with van der Waals surface area (Å²) in [5.41, 5.74) is 2.06. The van der Waals surface area contributed by atoms with Crippen LogP contribution >= 0.6 is 0 Å². The molecule has 0 aliphatic carbocycles. The van der Waals surface area contributed by atoms with Crippen molar-refractivity contribution in [2.45, 2.75) is 25.7 Å². The van der Waals surface area contributed by atoms with E-state index in [0.29, 0.717) is 5.92 Å². The third-order valence-electron chi connectivity index (χ3n) is 4.38. The molecule has 0 amide bonds. The van der Waals surface area contributed by atoms with Crippen LogP contribution in [0.3, 0.4) is 0 Å². The van der Waals surface area contributed by atoms with Gasteiger partial charge in [0.05, 0.1) is 0 Å². The molecule has 0 aromatic carbocycles. The van der Waals surface area contributed by atoms with Crippen LogP contribution in [0.4, 0.5) is 5.82 Å². The third-order valence-corrected chi connectivity index (χ3v) is 4.38.